The van der Waals surface area contributed by atoms with E-state index in [1.165, 1.54) is 0 Å². The zero-order chi connectivity index (χ0) is 14.6. The second-order valence-electron chi connectivity index (χ2n) is 4.70. The molecule has 0 spiro atoms. The average Bonchev–Trinajstić information content (AvgIpc) is 2.33. The van der Waals surface area contributed by atoms with Gasteiger partial charge in [-0.05, 0) is 36.6 Å². The number of nitrogens with one attached hydrogen (secondary N) is 1. The van der Waals surface area contributed by atoms with Crippen LogP contribution in [0.5, 0.6) is 0 Å². The summed E-state index contributed by atoms with van der Waals surface area (Å²) < 4.78 is 0.974. The number of nitrogens with two attached hydrogens (primary N) is 1. The standard InChI is InChI=1S/C13H18BrN3O2/c1-7(2)11(12(15)17-19)13(18)16-9-4-5-10(14)8(3)6-9/h4-7,11,19H,1-3H3,(H2,15,17)(H,16,18). The zero-order valence-electron chi connectivity index (χ0n) is 11.1. The number of hydrogen-bond donors (Lipinski definition) is 3. The maximum atomic E-state index is 12.2. The number of amides is 1. The van der Waals surface area contributed by atoms with Gasteiger partial charge < -0.3 is 16.3 Å². The minimum atomic E-state index is -0.658. The molecule has 5 nitrogen and oxygen atoms in total. The Morgan fingerprint density at radius 3 is 2.58 bits per heavy atom. The second kappa shape index (κ2) is 6.56. The molecule has 0 heterocycles. The van der Waals surface area contributed by atoms with Crippen molar-refractivity contribution >= 4 is 33.4 Å². The summed E-state index contributed by atoms with van der Waals surface area (Å²) in [6.07, 6.45) is 0. The first-order chi connectivity index (χ1) is 8.86. The first kappa shape index (κ1) is 15.5. The second-order valence-corrected chi connectivity index (χ2v) is 5.55. The number of amidine groups is 1. The fourth-order valence-electron chi connectivity index (χ4n) is 1.78. The van der Waals surface area contributed by atoms with Gasteiger partial charge in [0.15, 0.2) is 5.84 Å². The highest BCUT2D eigenvalue weighted by atomic mass is 79.9. The quantitative estimate of drug-likeness (QED) is 0.344. The third-order valence-electron chi connectivity index (χ3n) is 2.81. The third-order valence-corrected chi connectivity index (χ3v) is 3.70. The number of anilines is 1. The van der Waals surface area contributed by atoms with E-state index in [9.17, 15) is 4.79 Å². The van der Waals surface area contributed by atoms with Crippen molar-refractivity contribution in [2.75, 3.05) is 5.32 Å². The van der Waals surface area contributed by atoms with Crippen molar-refractivity contribution in [1.82, 2.24) is 0 Å². The Kier molecular flexibility index (Phi) is 5.35. The Balaban J connectivity index is 2.90. The zero-order valence-corrected chi connectivity index (χ0v) is 12.7. The van der Waals surface area contributed by atoms with Crippen molar-refractivity contribution in [3.8, 4) is 0 Å². The molecular formula is C13H18BrN3O2. The summed E-state index contributed by atoms with van der Waals surface area (Å²) in [6, 6.07) is 5.50. The van der Waals surface area contributed by atoms with Gasteiger partial charge in [0, 0.05) is 10.2 Å². The van der Waals surface area contributed by atoms with Gasteiger partial charge >= 0.3 is 0 Å². The highest BCUT2D eigenvalue weighted by Crippen LogP contribution is 2.21. The molecule has 19 heavy (non-hydrogen) atoms. The van der Waals surface area contributed by atoms with Crippen molar-refractivity contribution < 1.29 is 10.0 Å². The van der Waals surface area contributed by atoms with Crippen molar-refractivity contribution in [1.29, 1.82) is 0 Å². The SMILES string of the molecule is Cc1cc(NC(=O)C(C(N)=NO)C(C)C)ccc1Br. The number of nitrogens with zero attached hydrogens (tertiary/aromatic N) is 1. The normalized spacial score (nSPS) is 13.4. The fraction of sp³-hybridized carbons (Fsp3) is 0.385. The molecular weight excluding hydrogens is 310 g/mol. The number of halogens is 1. The van der Waals surface area contributed by atoms with Gasteiger partial charge in [-0.15, -0.1) is 0 Å². The van der Waals surface area contributed by atoms with Crippen LogP contribution in [0.4, 0.5) is 5.69 Å². The van der Waals surface area contributed by atoms with Crippen molar-refractivity contribution in [2.24, 2.45) is 22.7 Å². The summed E-state index contributed by atoms with van der Waals surface area (Å²) in [7, 11) is 0. The molecule has 0 saturated carbocycles. The summed E-state index contributed by atoms with van der Waals surface area (Å²) in [5, 5.41) is 14.4. The predicted octanol–water partition coefficient (Wildman–Crippen LogP) is 2.71. The minimum absolute atomic E-state index is 0.0626. The number of carbonyl (C=O) groups excluding carboxylic acids is 1. The molecule has 0 aromatic heterocycles. The molecule has 0 aliphatic rings. The Hall–Kier alpha value is -1.56. The van der Waals surface area contributed by atoms with E-state index in [0.29, 0.717) is 5.69 Å². The Morgan fingerprint density at radius 2 is 2.11 bits per heavy atom. The number of benzene rings is 1. The van der Waals surface area contributed by atoms with E-state index in [4.69, 9.17) is 10.9 Å². The highest BCUT2D eigenvalue weighted by Gasteiger charge is 2.26. The molecule has 1 aromatic carbocycles. The molecule has 0 aliphatic heterocycles. The summed E-state index contributed by atoms with van der Waals surface area (Å²) in [5.74, 6) is -1.09. The summed E-state index contributed by atoms with van der Waals surface area (Å²) in [4.78, 5) is 12.2. The van der Waals surface area contributed by atoms with Crippen molar-refractivity contribution in [3.05, 3.63) is 28.2 Å². The van der Waals surface area contributed by atoms with Gasteiger partial charge in [-0.1, -0.05) is 34.9 Å². The third kappa shape index (κ3) is 3.96. The Bertz CT molecular complexity index is 501. The predicted molar refractivity (Wildman–Crippen MR) is 79.2 cm³/mol. The summed E-state index contributed by atoms with van der Waals surface area (Å²) >= 11 is 3.40. The molecule has 1 atom stereocenters. The molecule has 6 heteroatoms. The van der Waals surface area contributed by atoms with Crippen LogP contribution in [0.2, 0.25) is 0 Å². The smallest absolute Gasteiger partial charge is 0.235 e. The molecule has 0 radical (unpaired) electrons. The Morgan fingerprint density at radius 1 is 1.47 bits per heavy atom. The number of oxime groups is 1. The van der Waals surface area contributed by atoms with Gasteiger partial charge in [0.2, 0.25) is 5.91 Å². The lowest BCUT2D eigenvalue weighted by molar-refractivity contribution is -0.119. The minimum Gasteiger partial charge on any atom is -0.409 e. The molecule has 104 valence electrons. The van der Waals surface area contributed by atoms with E-state index in [0.717, 1.165) is 10.0 Å². The van der Waals surface area contributed by atoms with Gasteiger partial charge in [0.25, 0.3) is 0 Å². The Labute approximate surface area is 121 Å². The van der Waals surface area contributed by atoms with Crippen LogP contribution in [0.25, 0.3) is 0 Å². The van der Waals surface area contributed by atoms with Crippen molar-refractivity contribution in [3.63, 3.8) is 0 Å². The molecule has 1 aromatic rings. The summed E-state index contributed by atoms with van der Waals surface area (Å²) in [6.45, 7) is 5.62. The fourth-order valence-corrected chi connectivity index (χ4v) is 2.03. The average molecular weight is 328 g/mol. The summed E-state index contributed by atoms with van der Waals surface area (Å²) in [5.41, 5.74) is 7.26. The molecule has 1 amide bonds. The van der Waals surface area contributed by atoms with Crippen LogP contribution in [0.3, 0.4) is 0 Å². The van der Waals surface area contributed by atoms with Gasteiger partial charge in [-0.25, -0.2) is 0 Å². The van der Waals surface area contributed by atoms with Gasteiger partial charge in [0.1, 0.15) is 5.92 Å². The lowest BCUT2D eigenvalue weighted by atomic mass is 9.93. The lowest BCUT2D eigenvalue weighted by Gasteiger charge is -2.19. The molecule has 1 unspecified atom stereocenters. The molecule has 0 aliphatic carbocycles. The molecule has 4 N–H and O–H groups in total. The topological polar surface area (TPSA) is 87.7 Å². The number of carbonyl (C=O) groups is 1. The van der Waals surface area contributed by atoms with Crippen LogP contribution >= 0.6 is 15.9 Å². The first-order valence-electron chi connectivity index (χ1n) is 5.91. The number of hydrogen-bond acceptors (Lipinski definition) is 3. The largest absolute Gasteiger partial charge is 0.409 e. The molecule has 1 rings (SSSR count). The maximum Gasteiger partial charge on any atom is 0.235 e. The number of rotatable bonds is 4. The van der Waals surface area contributed by atoms with Gasteiger partial charge in [0.05, 0.1) is 0 Å². The monoisotopic (exact) mass is 327 g/mol. The molecule has 0 saturated heterocycles. The lowest BCUT2D eigenvalue weighted by Crippen LogP contribution is -2.38. The van der Waals surface area contributed by atoms with Crippen LogP contribution in [0.1, 0.15) is 19.4 Å². The van der Waals surface area contributed by atoms with E-state index < -0.39 is 5.92 Å². The van der Waals surface area contributed by atoms with Gasteiger partial charge in [-0.2, -0.15) is 0 Å². The number of aryl methyl sites for hydroxylation is 1. The van der Waals surface area contributed by atoms with Crippen LogP contribution in [0, 0.1) is 18.8 Å². The molecule has 0 bridgehead atoms. The highest BCUT2D eigenvalue weighted by molar-refractivity contribution is 9.10. The maximum absolute atomic E-state index is 12.2. The van der Waals surface area contributed by atoms with Crippen LogP contribution < -0.4 is 11.1 Å². The van der Waals surface area contributed by atoms with Crippen molar-refractivity contribution in [2.45, 2.75) is 20.8 Å². The van der Waals surface area contributed by atoms with Crippen LogP contribution in [-0.2, 0) is 4.79 Å². The van der Waals surface area contributed by atoms with E-state index in [1.54, 1.807) is 6.07 Å². The van der Waals surface area contributed by atoms with Crippen LogP contribution in [-0.4, -0.2) is 17.0 Å². The first-order valence-corrected chi connectivity index (χ1v) is 6.70. The van der Waals surface area contributed by atoms with E-state index in [1.807, 2.05) is 32.9 Å². The molecule has 0 fully saturated rings. The van der Waals surface area contributed by atoms with E-state index in [-0.39, 0.29) is 17.7 Å². The van der Waals surface area contributed by atoms with Crippen LogP contribution in [0.15, 0.2) is 27.8 Å². The van der Waals surface area contributed by atoms with E-state index in [2.05, 4.69) is 26.4 Å². The van der Waals surface area contributed by atoms with Gasteiger partial charge in [-0.3, -0.25) is 4.79 Å². The van der Waals surface area contributed by atoms with E-state index >= 15 is 0 Å².